The molecule has 0 radical (unpaired) electrons. The van der Waals surface area contributed by atoms with Crippen LogP contribution in [0.1, 0.15) is 19.8 Å². The van der Waals surface area contributed by atoms with E-state index in [0.717, 1.165) is 6.42 Å². The number of nitrogens with one attached hydrogen (secondary N) is 1. The number of carboxylic acid groups (broad SMARTS) is 1. The van der Waals surface area contributed by atoms with Gasteiger partial charge in [-0.05, 0) is 24.7 Å². The third-order valence-electron chi connectivity index (χ3n) is 3.97. The Morgan fingerprint density at radius 2 is 2.06 bits per heavy atom. The second-order valence-corrected chi connectivity index (χ2v) is 4.97. The molecule has 0 aromatic heterocycles. The van der Waals surface area contributed by atoms with Gasteiger partial charge in [0.05, 0.1) is 17.9 Å². The van der Waals surface area contributed by atoms with Gasteiger partial charge in [0.2, 0.25) is 5.91 Å². The summed E-state index contributed by atoms with van der Waals surface area (Å²) in [6.45, 7) is 1.89. The minimum atomic E-state index is -0.888. The Hall–Kier alpha value is -1.76. The zero-order valence-electron chi connectivity index (χ0n) is 10.3. The predicted molar refractivity (Wildman–Crippen MR) is 66.4 cm³/mol. The highest BCUT2D eigenvalue weighted by Gasteiger charge is 2.51. The minimum Gasteiger partial charge on any atom is -0.481 e. The quantitative estimate of drug-likeness (QED) is 0.576. The SMILES string of the molecule is C#CC(CC)NC(=O)[C@H]1C2C=CC(C2)[C@H]1C(=O)O. The van der Waals surface area contributed by atoms with Crippen molar-refractivity contribution in [2.45, 2.75) is 25.8 Å². The molecule has 5 atom stereocenters. The average molecular weight is 247 g/mol. The fourth-order valence-corrected chi connectivity index (χ4v) is 3.05. The van der Waals surface area contributed by atoms with Gasteiger partial charge in [-0.15, -0.1) is 6.42 Å². The number of hydrogen-bond acceptors (Lipinski definition) is 2. The van der Waals surface area contributed by atoms with Crippen LogP contribution in [-0.4, -0.2) is 23.0 Å². The zero-order chi connectivity index (χ0) is 13.3. The third kappa shape index (κ3) is 2.01. The van der Waals surface area contributed by atoms with Gasteiger partial charge in [-0.1, -0.05) is 25.0 Å². The Bertz CT molecular complexity index is 435. The van der Waals surface area contributed by atoms with Gasteiger partial charge in [0.1, 0.15) is 0 Å². The van der Waals surface area contributed by atoms with Crippen LogP contribution in [0.15, 0.2) is 12.2 Å². The van der Waals surface area contributed by atoms with Crippen molar-refractivity contribution < 1.29 is 14.7 Å². The van der Waals surface area contributed by atoms with Crippen molar-refractivity contribution in [2.24, 2.45) is 23.7 Å². The summed E-state index contributed by atoms with van der Waals surface area (Å²) in [5, 5.41) is 12.0. The predicted octanol–water partition coefficient (Wildman–Crippen LogP) is 1.04. The fraction of sp³-hybridized carbons (Fsp3) is 0.571. The molecule has 2 aliphatic rings. The van der Waals surface area contributed by atoms with E-state index in [-0.39, 0.29) is 23.8 Å². The second kappa shape index (κ2) is 4.85. The van der Waals surface area contributed by atoms with Crippen molar-refractivity contribution in [1.29, 1.82) is 0 Å². The monoisotopic (exact) mass is 247 g/mol. The van der Waals surface area contributed by atoms with Crippen molar-refractivity contribution in [2.75, 3.05) is 0 Å². The van der Waals surface area contributed by atoms with E-state index in [2.05, 4.69) is 11.2 Å². The van der Waals surface area contributed by atoms with Gasteiger partial charge in [-0.25, -0.2) is 0 Å². The average Bonchev–Trinajstić information content (AvgIpc) is 2.95. The van der Waals surface area contributed by atoms with Crippen LogP contribution >= 0.6 is 0 Å². The first-order valence-corrected chi connectivity index (χ1v) is 6.26. The molecular formula is C14H17NO3. The van der Waals surface area contributed by atoms with Gasteiger partial charge >= 0.3 is 5.97 Å². The lowest BCUT2D eigenvalue weighted by molar-refractivity contribution is -0.147. The largest absolute Gasteiger partial charge is 0.481 e. The number of carbonyl (C=O) groups excluding carboxylic acids is 1. The summed E-state index contributed by atoms with van der Waals surface area (Å²) in [5.41, 5.74) is 0. The first-order chi connectivity index (χ1) is 8.58. The highest BCUT2D eigenvalue weighted by atomic mass is 16.4. The molecule has 0 heterocycles. The maximum absolute atomic E-state index is 12.2. The van der Waals surface area contributed by atoms with Crippen molar-refractivity contribution in [3.8, 4) is 12.3 Å². The van der Waals surface area contributed by atoms with E-state index in [1.54, 1.807) is 0 Å². The first-order valence-electron chi connectivity index (χ1n) is 6.26. The molecule has 1 saturated carbocycles. The molecule has 2 rings (SSSR count). The lowest BCUT2D eigenvalue weighted by Crippen LogP contribution is -2.43. The molecule has 2 N–H and O–H groups in total. The van der Waals surface area contributed by atoms with Crippen LogP contribution in [0.4, 0.5) is 0 Å². The molecule has 0 aromatic rings. The molecule has 1 amide bonds. The first kappa shape index (κ1) is 12.7. The van der Waals surface area contributed by atoms with Gasteiger partial charge in [-0.2, -0.15) is 0 Å². The van der Waals surface area contributed by atoms with Gasteiger partial charge < -0.3 is 10.4 Å². The van der Waals surface area contributed by atoms with Crippen LogP contribution in [0.2, 0.25) is 0 Å². The Balaban J connectivity index is 2.12. The lowest BCUT2D eigenvalue weighted by atomic mass is 9.82. The number of fused-ring (bicyclic) bond motifs is 2. The van der Waals surface area contributed by atoms with E-state index in [0.29, 0.717) is 6.42 Å². The summed E-state index contributed by atoms with van der Waals surface area (Å²) in [6, 6.07) is -0.310. The molecule has 4 nitrogen and oxygen atoms in total. The Kier molecular flexibility index (Phi) is 3.42. The van der Waals surface area contributed by atoms with Gasteiger partial charge in [-0.3, -0.25) is 9.59 Å². The number of amides is 1. The van der Waals surface area contributed by atoms with Crippen molar-refractivity contribution >= 4 is 11.9 Å². The molecule has 0 aromatic carbocycles. The molecule has 3 unspecified atom stereocenters. The smallest absolute Gasteiger partial charge is 0.307 e. The summed E-state index contributed by atoms with van der Waals surface area (Å²) in [6.07, 6.45) is 10.6. The summed E-state index contributed by atoms with van der Waals surface area (Å²) in [4.78, 5) is 23.5. The number of rotatable bonds is 4. The second-order valence-electron chi connectivity index (χ2n) is 4.97. The third-order valence-corrected chi connectivity index (χ3v) is 3.97. The van der Waals surface area contributed by atoms with Crippen LogP contribution in [0, 0.1) is 36.0 Å². The van der Waals surface area contributed by atoms with E-state index in [4.69, 9.17) is 6.42 Å². The maximum Gasteiger partial charge on any atom is 0.307 e. The van der Waals surface area contributed by atoms with Gasteiger partial charge in [0.25, 0.3) is 0 Å². The van der Waals surface area contributed by atoms with Crippen LogP contribution in [-0.2, 0) is 9.59 Å². The lowest BCUT2D eigenvalue weighted by Gasteiger charge is -2.25. The number of carboxylic acids is 1. The minimum absolute atomic E-state index is 0.00541. The molecule has 0 aliphatic heterocycles. The van der Waals surface area contributed by atoms with Crippen LogP contribution in [0.3, 0.4) is 0 Å². The van der Waals surface area contributed by atoms with E-state index < -0.39 is 17.8 Å². The molecule has 0 spiro atoms. The Morgan fingerprint density at radius 1 is 1.44 bits per heavy atom. The number of hydrogen-bond donors (Lipinski definition) is 2. The van der Waals surface area contributed by atoms with Gasteiger partial charge in [0.15, 0.2) is 0 Å². The van der Waals surface area contributed by atoms with Crippen molar-refractivity contribution in [3.63, 3.8) is 0 Å². The molecule has 2 aliphatic carbocycles. The summed E-state index contributed by atoms with van der Waals surface area (Å²) >= 11 is 0. The van der Waals surface area contributed by atoms with E-state index in [9.17, 15) is 14.7 Å². The highest BCUT2D eigenvalue weighted by Crippen LogP contribution is 2.48. The standard InChI is InChI=1S/C14H17NO3/c1-3-10(4-2)15-13(16)11-8-5-6-9(7-8)12(11)14(17)18/h1,5-6,8-12H,4,7H2,2H3,(H,15,16)(H,17,18)/t8?,9?,10?,11-,12+/m0/s1. The molecule has 18 heavy (non-hydrogen) atoms. The van der Waals surface area contributed by atoms with E-state index in [1.165, 1.54) is 0 Å². The van der Waals surface area contributed by atoms with Crippen LogP contribution < -0.4 is 5.32 Å². The fourth-order valence-electron chi connectivity index (χ4n) is 3.05. The van der Waals surface area contributed by atoms with E-state index >= 15 is 0 Å². The zero-order valence-corrected chi connectivity index (χ0v) is 10.3. The van der Waals surface area contributed by atoms with Crippen LogP contribution in [0.25, 0.3) is 0 Å². The molecule has 2 bridgehead atoms. The maximum atomic E-state index is 12.2. The number of aliphatic carboxylic acids is 1. The topological polar surface area (TPSA) is 66.4 Å². The molecule has 0 saturated heterocycles. The molecule has 4 heteroatoms. The number of carbonyl (C=O) groups is 2. The summed E-state index contributed by atoms with van der Waals surface area (Å²) < 4.78 is 0. The molecule has 1 fully saturated rings. The highest BCUT2D eigenvalue weighted by molar-refractivity contribution is 5.87. The van der Waals surface area contributed by atoms with Gasteiger partial charge in [0, 0.05) is 0 Å². The Labute approximate surface area is 106 Å². The Morgan fingerprint density at radius 3 is 2.56 bits per heavy atom. The normalized spacial score (nSPS) is 34.0. The summed E-state index contributed by atoms with van der Waals surface area (Å²) in [5.74, 6) is 0.358. The van der Waals surface area contributed by atoms with Crippen molar-refractivity contribution in [3.05, 3.63) is 12.2 Å². The molecular weight excluding hydrogens is 230 g/mol. The number of allylic oxidation sites excluding steroid dienone is 2. The van der Waals surface area contributed by atoms with E-state index in [1.807, 2.05) is 19.1 Å². The van der Waals surface area contributed by atoms with Crippen molar-refractivity contribution in [1.82, 2.24) is 5.32 Å². The number of terminal acetylenes is 1. The molecule has 96 valence electrons. The van der Waals surface area contributed by atoms with Crippen LogP contribution in [0.5, 0.6) is 0 Å². The summed E-state index contributed by atoms with van der Waals surface area (Å²) in [7, 11) is 0.